The van der Waals surface area contributed by atoms with Gasteiger partial charge in [0.25, 0.3) is 0 Å². The summed E-state index contributed by atoms with van der Waals surface area (Å²) in [6.07, 6.45) is 2.57. The van der Waals surface area contributed by atoms with E-state index in [2.05, 4.69) is 11.0 Å². The Kier molecular flexibility index (Phi) is 3.90. The van der Waals surface area contributed by atoms with E-state index >= 15 is 0 Å². The van der Waals surface area contributed by atoms with Crippen LogP contribution in [-0.2, 0) is 0 Å². The monoisotopic (exact) mass is 243 g/mol. The van der Waals surface area contributed by atoms with Crippen molar-refractivity contribution in [2.24, 2.45) is 0 Å². The van der Waals surface area contributed by atoms with Gasteiger partial charge < -0.3 is 0 Å². The van der Waals surface area contributed by atoms with Crippen molar-refractivity contribution in [1.29, 1.82) is 0 Å². The molecular formula is C12H15Cl2N. The Bertz CT molecular complexity index is 321. The molecule has 0 amide bonds. The minimum atomic E-state index is 0.327. The lowest BCUT2D eigenvalue weighted by Gasteiger charge is -2.26. The van der Waals surface area contributed by atoms with Gasteiger partial charge in [-0.05, 0) is 43.6 Å². The molecule has 1 nitrogen and oxygen atoms in total. The summed E-state index contributed by atoms with van der Waals surface area (Å²) in [6.45, 7) is 2.31. The van der Waals surface area contributed by atoms with Crippen LogP contribution in [0, 0.1) is 0 Å². The Morgan fingerprint density at radius 2 is 2.00 bits per heavy atom. The van der Waals surface area contributed by atoms with Crippen LogP contribution in [0.4, 0.5) is 0 Å². The Balaban J connectivity index is 2.18. The minimum absolute atomic E-state index is 0.327. The van der Waals surface area contributed by atoms with Crippen LogP contribution in [0.1, 0.15) is 24.4 Å². The number of halogens is 2. The van der Waals surface area contributed by atoms with Gasteiger partial charge in [0.2, 0.25) is 0 Å². The van der Waals surface area contributed by atoms with Gasteiger partial charge >= 0.3 is 0 Å². The molecule has 1 saturated heterocycles. The average Bonchev–Trinajstić information content (AvgIpc) is 2.72. The SMILES string of the molecule is ClCC(c1cccc(Cl)c1)N1CCCC1. The van der Waals surface area contributed by atoms with Gasteiger partial charge in [-0.15, -0.1) is 11.6 Å². The number of nitrogens with zero attached hydrogens (tertiary/aromatic N) is 1. The smallest absolute Gasteiger partial charge is 0.0484 e. The van der Waals surface area contributed by atoms with E-state index in [0.717, 1.165) is 18.1 Å². The molecule has 0 bridgehead atoms. The third-order valence-electron chi connectivity index (χ3n) is 2.96. The predicted octanol–water partition coefficient (Wildman–Crippen LogP) is 3.72. The van der Waals surface area contributed by atoms with E-state index in [9.17, 15) is 0 Å². The van der Waals surface area contributed by atoms with E-state index in [1.807, 2.05) is 18.2 Å². The third kappa shape index (κ3) is 2.66. The lowest BCUT2D eigenvalue weighted by atomic mass is 10.1. The molecule has 2 rings (SSSR count). The molecule has 3 heteroatoms. The lowest BCUT2D eigenvalue weighted by Crippen LogP contribution is -2.26. The highest BCUT2D eigenvalue weighted by Gasteiger charge is 2.22. The van der Waals surface area contributed by atoms with Gasteiger partial charge in [0.15, 0.2) is 0 Å². The lowest BCUT2D eigenvalue weighted by molar-refractivity contribution is 0.266. The second-order valence-electron chi connectivity index (χ2n) is 3.97. The molecule has 82 valence electrons. The van der Waals surface area contributed by atoms with E-state index in [0.29, 0.717) is 11.9 Å². The number of hydrogen-bond acceptors (Lipinski definition) is 1. The van der Waals surface area contributed by atoms with Crippen molar-refractivity contribution in [3.63, 3.8) is 0 Å². The highest BCUT2D eigenvalue weighted by atomic mass is 35.5. The molecule has 0 spiro atoms. The van der Waals surface area contributed by atoms with Gasteiger partial charge in [-0.3, -0.25) is 4.90 Å². The molecule has 15 heavy (non-hydrogen) atoms. The summed E-state index contributed by atoms with van der Waals surface area (Å²) < 4.78 is 0. The molecule has 0 saturated carbocycles. The van der Waals surface area contributed by atoms with Crippen molar-refractivity contribution < 1.29 is 0 Å². The highest BCUT2D eigenvalue weighted by Crippen LogP contribution is 2.27. The van der Waals surface area contributed by atoms with Gasteiger partial charge in [-0.2, -0.15) is 0 Å². The molecular weight excluding hydrogens is 229 g/mol. The van der Waals surface area contributed by atoms with Crippen molar-refractivity contribution in [2.45, 2.75) is 18.9 Å². The van der Waals surface area contributed by atoms with Crippen molar-refractivity contribution >= 4 is 23.2 Å². The zero-order valence-electron chi connectivity index (χ0n) is 8.63. The first-order valence-corrected chi connectivity index (χ1v) is 6.28. The Labute approximate surface area is 101 Å². The summed E-state index contributed by atoms with van der Waals surface area (Å²) in [4.78, 5) is 2.44. The Morgan fingerprint density at radius 1 is 1.27 bits per heavy atom. The average molecular weight is 244 g/mol. The van der Waals surface area contributed by atoms with Gasteiger partial charge in [0.1, 0.15) is 0 Å². The fraction of sp³-hybridized carbons (Fsp3) is 0.500. The Hall–Kier alpha value is -0.240. The van der Waals surface area contributed by atoms with E-state index in [-0.39, 0.29) is 0 Å². The molecule has 0 aliphatic carbocycles. The minimum Gasteiger partial charge on any atom is -0.295 e. The number of hydrogen-bond donors (Lipinski definition) is 0. The van der Waals surface area contributed by atoms with E-state index in [1.54, 1.807) is 0 Å². The molecule has 1 unspecified atom stereocenters. The molecule has 1 aromatic rings. The number of likely N-dealkylation sites (tertiary alicyclic amines) is 1. The molecule has 1 heterocycles. The maximum absolute atomic E-state index is 6.05. The molecule has 1 aliphatic heterocycles. The molecule has 1 fully saturated rings. The standard InChI is InChI=1S/C12H15Cl2N/c13-9-12(15-6-1-2-7-15)10-4-3-5-11(14)8-10/h3-5,8,12H,1-2,6-7,9H2. The van der Waals surface area contributed by atoms with Crippen molar-refractivity contribution in [3.05, 3.63) is 34.9 Å². The van der Waals surface area contributed by atoms with Crippen LogP contribution in [0.15, 0.2) is 24.3 Å². The molecule has 1 aromatic carbocycles. The highest BCUT2D eigenvalue weighted by molar-refractivity contribution is 6.30. The largest absolute Gasteiger partial charge is 0.295 e. The van der Waals surface area contributed by atoms with Gasteiger partial charge in [0, 0.05) is 16.9 Å². The van der Waals surface area contributed by atoms with Crippen molar-refractivity contribution in [1.82, 2.24) is 4.90 Å². The number of alkyl halides is 1. The van der Waals surface area contributed by atoms with Crippen LogP contribution in [0.2, 0.25) is 5.02 Å². The van der Waals surface area contributed by atoms with Gasteiger partial charge in [-0.1, -0.05) is 23.7 Å². The van der Waals surface area contributed by atoms with Gasteiger partial charge in [-0.25, -0.2) is 0 Å². The first-order chi connectivity index (χ1) is 7.31. The predicted molar refractivity (Wildman–Crippen MR) is 65.7 cm³/mol. The second-order valence-corrected chi connectivity index (χ2v) is 4.71. The Morgan fingerprint density at radius 3 is 2.60 bits per heavy atom. The maximum Gasteiger partial charge on any atom is 0.0484 e. The van der Waals surface area contributed by atoms with Crippen LogP contribution in [0.3, 0.4) is 0 Å². The van der Waals surface area contributed by atoms with Crippen LogP contribution >= 0.6 is 23.2 Å². The van der Waals surface area contributed by atoms with E-state index in [1.165, 1.54) is 18.4 Å². The van der Waals surface area contributed by atoms with E-state index in [4.69, 9.17) is 23.2 Å². The zero-order chi connectivity index (χ0) is 10.7. The first-order valence-electron chi connectivity index (χ1n) is 5.37. The summed E-state index contributed by atoms with van der Waals surface area (Å²) >= 11 is 12.0. The summed E-state index contributed by atoms with van der Waals surface area (Å²) in [6, 6.07) is 8.35. The van der Waals surface area contributed by atoms with Crippen LogP contribution < -0.4 is 0 Å². The second kappa shape index (κ2) is 5.20. The zero-order valence-corrected chi connectivity index (χ0v) is 10.1. The summed E-state index contributed by atoms with van der Waals surface area (Å²) in [5, 5.41) is 0.793. The molecule has 1 atom stereocenters. The first kappa shape index (κ1) is 11.3. The molecule has 0 radical (unpaired) electrons. The number of benzene rings is 1. The fourth-order valence-electron chi connectivity index (χ4n) is 2.16. The van der Waals surface area contributed by atoms with Crippen molar-refractivity contribution in [2.75, 3.05) is 19.0 Å². The maximum atomic E-state index is 6.05. The van der Waals surface area contributed by atoms with Crippen LogP contribution in [0.5, 0.6) is 0 Å². The summed E-state index contributed by atoms with van der Waals surface area (Å²) in [5.74, 6) is 0.639. The van der Waals surface area contributed by atoms with Gasteiger partial charge in [0.05, 0.1) is 0 Å². The molecule has 1 aliphatic rings. The van der Waals surface area contributed by atoms with Crippen LogP contribution in [-0.4, -0.2) is 23.9 Å². The topological polar surface area (TPSA) is 3.24 Å². The molecule has 0 aromatic heterocycles. The van der Waals surface area contributed by atoms with E-state index < -0.39 is 0 Å². The number of rotatable bonds is 3. The normalized spacial score (nSPS) is 19.3. The molecule has 0 N–H and O–H groups in total. The summed E-state index contributed by atoms with van der Waals surface area (Å²) in [7, 11) is 0. The van der Waals surface area contributed by atoms with Crippen molar-refractivity contribution in [3.8, 4) is 0 Å². The van der Waals surface area contributed by atoms with Crippen LogP contribution in [0.25, 0.3) is 0 Å². The summed E-state index contributed by atoms with van der Waals surface area (Å²) in [5.41, 5.74) is 1.24. The third-order valence-corrected chi connectivity index (χ3v) is 3.49. The quantitative estimate of drug-likeness (QED) is 0.732. The fourth-order valence-corrected chi connectivity index (χ4v) is 2.74.